The van der Waals surface area contributed by atoms with Crippen molar-refractivity contribution in [2.45, 2.75) is 25.3 Å². The van der Waals surface area contributed by atoms with Gasteiger partial charge in [0.15, 0.2) is 11.5 Å². The van der Waals surface area contributed by atoms with Gasteiger partial charge in [-0.2, -0.15) is 0 Å². The summed E-state index contributed by atoms with van der Waals surface area (Å²) in [7, 11) is 1.59. The Morgan fingerprint density at radius 1 is 1.40 bits per heavy atom. The molecule has 0 spiro atoms. The SMILES string of the molecule is Cl.[C-]#[N+]C1(c2ccc(OC)c(OCC)c2)CCN(CC(=O)NO)CC1. The number of amides is 1. The monoisotopic (exact) mass is 369 g/mol. The molecule has 0 bridgehead atoms. The van der Waals surface area contributed by atoms with Crippen LogP contribution in [-0.2, 0) is 10.3 Å². The fraction of sp³-hybridized carbons (Fsp3) is 0.529. The molecule has 1 aliphatic rings. The van der Waals surface area contributed by atoms with Gasteiger partial charge in [-0.1, -0.05) is 0 Å². The van der Waals surface area contributed by atoms with Crippen LogP contribution in [0, 0.1) is 6.57 Å². The van der Waals surface area contributed by atoms with Gasteiger partial charge in [-0.3, -0.25) is 14.9 Å². The molecule has 0 radical (unpaired) electrons. The number of benzene rings is 1. The number of hydrogen-bond acceptors (Lipinski definition) is 5. The molecule has 1 fully saturated rings. The molecule has 1 amide bonds. The summed E-state index contributed by atoms with van der Waals surface area (Å²) in [5.74, 6) is 0.855. The predicted molar refractivity (Wildman–Crippen MR) is 95.3 cm³/mol. The van der Waals surface area contributed by atoms with Crippen molar-refractivity contribution in [2.24, 2.45) is 0 Å². The molecule has 0 atom stereocenters. The molecule has 0 unspecified atom stereocenters. The first-order valence-electron chi connectivity index (χ1n) is 7.93. The Hall–Kier alpha value is -2.01. The Balaban J connectivity index is 0.00000312. The Kier molecular flexibility index (Phi) is 7.97. The Morgan fingerprint density at radius 3 is 2.60 bits per heavy atom. The van der Waals surface area contributed by atoms with E-state index in [1.807, 2.05) is 30.0 Å². The van der Waals surface area contributed by atoms with Crippen molar-refractivity contribution < 1.29 is 19.5 Å². The van der Waals surface area contributed by atoms with Crippen molar-refractivity contribution >= 4 is 18.3 Å². The summed E-state index contributed by atoms with van der Waals surface area (Å²) >= 11 is 0. The second-order valence-electron chi connectivity index (χ2n) is 5.75. The first-order chi connectivity index (χ1) is 11.6. The third-order valence-electron chi connectivity index (χ3n) is 4.39. The van der Waals surface area contributed by atoms with E-state index in [0.717, 1.165) is 5.56 Å². The molecule has 138 valence electrons. The van der Waals surface area contributed by atoms with Gasteiger partial charge in [-0.05, 0) is 25.1 Å². The van der Waals surface area contributed by atoms with E-state index in [2.05, 4.69) is 4.85 Å². The highest BCUT2D eigenvalue weighted by atomic mass is 35.5. The van der Waals surface area contributed by atoms with Crippen molar-refractivity contribution in [3.63, 3.8) is 0 Å². The van der Waals surface area contributed by atoms with Gasteiger partial charge in [-0.25, -0.2) is 12.1 Å². The molecule has 1 aliphatic heterocycles. The molecule has 7 nitrogen and oxygen atoms in total. The van der Waals surface area contributed by atoms with Crippen molar-refractivity contribution in [1.29, 1.82) is 0 Å². The third kappa shape index (κ3) is 4.75. The standard InChI is InChI=1S/C17H23N3O4.ClH/c1-4-24-15-11-13(5-6-14(15)23-3)17(18-2)7-9-20(10-8-17)12-16(21)19-22;/h5-6,11,22H,4,7-10,12H2,1,3H3,(H,19,21);1H. The summed E-state index contributed by atoms with van der Waals surface area (Å²) in [5, 5.41) is 8.62. The molecule has 1 heterocycles. The van der Waals surface area contributed by atoms with Crippen molar-refractivity contribution in [3.05, 3.63) is 35.2 Å². The molecule has 0 saturated carbocycles. The number of piperidine rings is 1. The summed E-state index contributed by atoms with van der Waals surface area (Å²) < 4.78 is 10.9. The number of nitrogens with zero attached hydrogens (tertiary/aromatic N) is 2. The zero-order valence-electron chi connectivity index (χ0n) is 14.4. The van der Waals surface area contributed by atoms with E-state index in [4.69, 9.17) is 21.3 Å². The number of rotatable bonds is 6. The minimum absolute atomic E-state index is 0. The minimum Gasteiger partial charge on any atom is -0.493 e. The van der Waals surface area contributed by atoms with Crippen molar-refractivity contribution in [3.8, 4) is 11.5 Å². The van der Waals surface area contributed by atoms with Crippen LogP contribution in [0.2, 0.25) is 0 Å². The fourth-order valence-electron chi connectivity index (χ4n) is 3.02. The molecule has 25 heavy (non-hydrogen) atoms. The van der Waals surface area contributed by atoms with Gasteiger partial charge in [0.05, 0.1) is 20.3 Å². The Labute approximate surface area is 154 Å². The quantitative estimate of drug-likeness (QED) is 0.457. The molecular formula is C17H24ClN3O4. The average molecular weight is 370 g/mol. The van der Waals surface area contributed by atoms with E-state index in [1.54, 1.807) is 12.6 Å². The summed E-state index contributed by atoms with van der Waals surface area (Å²) in [6.07, 6.45) is 1.24. The molecule has 0 aliphatic carbocycles. The van der Waals surface area contributed by atoms with Gasteiger partial charge in [0, 0.05) is 31.5 Å². The highest BCUT2D eigenvalue weighted by Crippen LogP contribution is 2.40. The van der Waals surface area contributed by atoms with Crippen LogP contribution in [0.5, 0.6) is 11.5 Å². The second kappa shape index (κ2) is 9.47. The van der Waals surface area contributed by atoms with Gasteiger partial charge in [0.2, 0.25) is 0 Å². The van der Waals surface area contributed by atoms with E-state index in [1.165, 1.54) is 0 Å². The number of hydrogen-bond donors (Lipinski definition) is 2. The lowest BCUT2D eigenvalue weighted by Gasteiger charge is -2.33. The number of carbonyl (C=O) groups excluding carboxylic acids is 1. The first kappa shape index (κ1) is 21.0. The van der Waals surface area contributed by atoms with Crippen molar-refractivity contribution in [1.82, 2.24) is 10.4 Å². The summed E-state index contributed by atoms with van der Waals surface area (Å²) in [6.45, 7) is 11.5. The maximum Gasteiger partial charge on any atom is 0.260 e. The molecular weight excluding hydrogens is 346 g/mol. The zero-order chi connectivity index (χ0) is 17.6. The normalized spacial score (nSPS) is 16.2. The van der Waals surface area contributed by atoms with E-state index in [9.17, 15) is 4.79 Å². The summed E-state index contributed by atoms with van der Waals surface area (Å²) in [6, 6.07) is 5.63. The van der Waals surface area contributed by atoms with Crippen LogP contribution in [0.1, 0.15) is 25.3 Å². The number of methoxy groups -OCH3 is 1. The van der Waals surface area contributed by atoms with E-state index >= 15 is 0 Å². The Bertz CT molecular complexity index is 625. The van der Waals surface area contributed by atoms with Gasteiger partial charge in [0.25, 0.3) is 11.4 Å². The molecule has 1 aromatic rings. The second-order valence-corrected chi connectivity index (χ2v) is 5.75. The summed E-state index contributed by atoms with van der Waals surface area (Å²) in [4.78, 5) is 17.1. The number of nitrogens with one attached hydrogen (secondary N) is 1. The highest BCUT2D eigenvalue weighted by Gasteiger charge is 2.43. The molecule has 8 heteroatoms. The largest absolute Gasteiger partial charge is 0.493 e. The van der Waals surface area contributed by atoms with Crippen LogP contribution < -0.4 is 15.0 Å². The molecule has 2 rings (SSSR count). The number of halogens is 1. The van der Waals surface area contributed by atoms with Gasteiger partial charge < -0.3 is 14.3 Å². The van der Waals surface area contributed by atoms with Crippen LogP contribution in [0.15, 0.2) is 18.2 Å². The van der Waals surface area contributed by atoms with Gasteiger partial charge in [0.1, 0.15) is 0 Å². The lowest BCUT2D eigenvalue weighted by atomic mass is 9.81. The topological polar surface area (TPSA) is 75.4 Å². The van der Waals surface area contributed by atoms with Crippen molar-refractivity contribution in [2.75, 3.05) is 33.4 Å². The lowest BCUT2D eigenvalue weighted by Crippen LogP contribution is -2.44. The fourth-order valence-corrected chi connectivity index (χ4v) is 3.02. The minimum atomic E-state index is -0.621. The maximum absolute atomic E-state index is 11.3. The van der Waals surface area contributed by atoms with Gasteiger partial charge >= 0.3 is 0 Å². The first-order valence-corrected chi connectivity index (χ1v) is 7.93. The van der Waals surface area contributed by atoms with E-state index < -0.39 is 11.4 Å². The van der Waals surface area contributed by atoms with E-state index in [-0.39, 0.29) is 19.0 Å². The Morgan fingerprint density at radius 2 is 2.08 bits per heavy atom. The van der Waals surface area contributed by atoms with Crippen LogP contribution in [-0.4, -0.2) is 49.4 Å². The highest BCUT2D eigenvalue weighted by molar-refractivity contribution is 5.85. The predicted octanol–water partition coefficient (Wildman–Crippen LogP) is 2.23. The van der Waals surface area contributed by atoms with Crippen LogP contribution in [0.3, 0.4) is 0 Å². The lowest BCUT2D eigenvalue weighted by molar-refractivity contribution is -0.130. The third-order valence-corrected chi connectivity index (χ3v) is 4.39. The van der Waals surface area contributed by atoms with Crippen LogP contribution in [0.4, 0.5) is 0 Å². The molecule has 0 aromatic heterocycles. The van der Waals surface area contributed by atoms with Crippen LogP contribution >= 0.6 is 12.4 Å². The molecule has 1 saturated heterocycles. The number of carbonyl (C=O) groups is 1. The zero-order valence-corrected chi connectivity index (χ0v) is 15.3. The molecule has 1 aromatic carbocycles. The molecule has 2 N–H and O–H groups in total. The number of likely N-dealkylation sites (tertiary alicyclic amines) is 1. The van der Waals surface area contributed by atoms with Crippen LogP contribution in [0.25, 0.3) is 4.85 Å². The van der Waals surface area contributed by atoms with Gasteiger partial charge in [-0.15, -0.1) is 12.4 Å². The number of ether oxygens (including phenoxy) is 2. The average Bonchev–Trinajstić information content (AvgIpc) is 2.62. The van der Waals surface area contributed by atoms with E-state index in [0.29, 0.717) is 44.0 Å². The maximum atomic E-state index is 11.3. The summed E-state index contributed by atoms with van der Waals surface area (Å²) in [5.41, 5.74) is 1.93. The number of hydroxylamine groups is 1. The smallest absolute Gasteiger partial charge is 0.260 e.